The van der Waals surface area contributed by atoms with Crippen molar-refractivity contribution in [2.75, 3.05) is 13.2 Å². The van der Waals surface area contributed by atoms with Gasteiger partial charge in [-0.25, -0.2) is 9.59 Å². The number of carboxylic acids is 2. The Hall–Kier alpha value is -1.92. The molecule has 0 saturated carbocycles. The summed E-state index contributed by atoms with van der Waals surface area (Å²) in [5.41, 5.74) is 2.64. The molecule has 2 saturated heterocycles. The van der Waals surface area contributed by atoms with Crippen molar-refractivity contribution in [2.24, 2.45) is 0 Å². The Labute approximate surface area is 127 Å². The predicted molar refractivity (Wildman–Crippen MR) is 76.7 cm³/mol. The molecule has 2 aliphatic rings. The van der Waals surface area contributed by atoms with Crippen LogP contribution in [0.25, 0.3) is 0 Å². The Bertz CT molecular complexity index is 598. The maximum absolute atomic E-state index is 11.7. The Morgan fingerprint density at radius 1 is 0.909 bits per heavy atom. The van der Waals surface area contributed by atoms with Crippen molar-refractivity contribution < 1.29 is 29.3 Å². The van der Waals surface area contributed by atoms with Gasteiger partial charge in [0.05, 0.1) is 36.5 Å². The fraction of sp³-hybridized carbons (Fsp3) is 0.500. The molecule has 2 fully saturated rings. The highest BCUT2D eigenvalue weighted by Gasteiger charge is 2.33. The SMILES string of the molecule is Cc1c(CC2CO2)c(C(=O)O)c(C)c(CC2CO2)c1C(=O)O. The standard InChI is InChI=1S/C16H18O6/c1-7-11(3-9-5-21-9)14(16(19)20)8(2)12(4-10-6-22-10)13(7)15(17)18/h9-10H,3-6H2,1-2H3,(H,17,18)(H,19,20). The number of benzene rings is 1. The summed E-state index contributed by atoms with van der Waals surface area (Å²) in [5.74, 6) is -2.04. The van der Waals surface area contributed by atoms with Crippen molar-refractivity contribution in [2.45, 2.75) is 38.9 Å². The van der Waals surface area contributed by atoms with Crippen LogP contribution in [-0.2, 0) is 22.3 Å². The van der Waals surface area contributed by atoms with E-state index in [4.69, 9.17) is 9.47 Å². The lowest BCUT2D eigenvalue weighted by Crippen LogP contribution is -2.18. The zero-order valence-electron chi connectivity index (χ0n) is 12.5. The molecule has 6 heteroatoms. The molecule has 118 valence electrons. The van der Waals surface area contributed by atoms with Gasteiger partial charge in [-0.15, -0.1) is 0 Å². The molecule has 0 bridgehead atoms. The molecule has 2 heterocycles. The minimum Gasteiger partial charge on any atom is -0.478 e. The van der Waals surface area contributed by atoms with Crippen molar-refractivity contribution in [1.29, 1.82) is 0 Å². The zero-order valence-corrected chi connectivity index (χ0v) is 12.5. The van der Waals surface area contributed by atoms with Gasteiger partial charge in [0.25, 0.3) is 0 Å². The highest BCUT2D eigenvalue weighted by atomic mass is 16.6. The van der Waals surface area contributed by atoms with Gasteiger partial charge in [0.15, 0.2) is 0 Å². The van der Waals surface area contributed by atoms with E-state index in [-0.39, 0.29) is 23.3 Å². The smallest absolute Gasteiger partial charge is 0.336 e. The van der Waals surface area contributed by atoms with Crippen LogP contribution in [-0.4, -0.2) is 47.6 Å². The number of carbonyl (C=O) groups is 2. The van der Waals surface area contributed by atoms with Gasteiger partial charge < -0.3 is 19.7 Å². The van der Waals surface area contributed by atoms with Crippen molar-refractivity contribution >= 4 is 11.9 Å². The average Bonchev–Trinajstić information content (AvgIpc) is 3.30. The molecule has 6 nitrogen and oxygen atoms in total. The molecule has 22 heavy (non-hydrogen) atoms. The summed E-state index contributed by atoms with van der Waals surface area (Å²) in [5, 5.41) is 19.2. The maximum atomic E-state index is 11.7. The molecule has 0 aliphatic carbocycles. The number of ether oxygens (including phenoxy) is 2. The van der Waals surface area contributed by atoms with Gasteiger partial charge in [0.2, 0.25) is 0 Å². The van der Waals surface area contributed by atoms with Crippen molar-refractivity contribution in [3.8, 4) is 0 Å². The lowest BCUT2D eigenvalue weighted by atomic mass is 9.84. The molecule has 0 aromatic heterocycles. The minimum absolute atomic E-state index is 0.00420. The number of rotatable bonds is 6. The summed E-state index contributed by atoms with van der Waals surface area (Å²) < 4.78 is 10.4. The van der Waals surface area contributed by atoms with Gasteiger partial charge in [0.1, 0.15) is 0 Å². The number of carboxylic acid groups (broad SMARTS) is 2. The van der Waals surface area contributed by atoms with Crippen LogP contribution in [0.4, 0.5) is 0 Å². The van der Waals surface area contributed by atoms with E-state index in [0.717, 1.165) is 0 Å². The van der Waals surface area contributed by atoms with Gasteiger partial charge in [-0.05, 0) is 36.1 Å². The fourth-order valence-corrected chi connectivity index (χ4v) is 3.05. The van der Waals surface area contributed by atoms with Crippen LogP contribution in [0.1, 0.15) is 43.0 Å². The molecule has 0 spiro atoms. The molecular weight excluding hydrogens is 288 g/mol. The van der Waals surface area contributed by atoms with E-state index in [1.807, 2.05) is 0 Å². The molecular formula is C16H18O6. The third-order valence-corrected chi connectivity index (χ3v) is 4.35. The first kappa shape index (κ1) is 15.0. The molecule has 0 amide bonds. The van der Waals surface area contributed by atoms with Crippen LogP contribution < -0.4 is 0 Å². The second-order valence-electron chi connectivity index (χ2n) is 5.89. The first-order valence-electron chi connectivity index (χ1n) is 7.24. The predicted octanol–water partition coefficient (Wildman–Crippen LogP) is 1.58. The zero-order chi connectivity index (χ0) is 16.0. The molecule has 1 aromatic rings. The van der Waals surface area contributed by atoms with Crippen LogP contribution in [0.3, 0.4) is 0 Å². The summed E-state index contributed by atoms with van der Waals surface area (Å²) in [6.07, 6.45) is 0.870. The second-order valence-corrected chi connectivity index (χ2v) is 5.89. The van der Waals surface area contributed by atoms with Crippen molar-refractivity contribution in [1.82, 2.24) is 0 Å². The Balaban J connectivity index is 2.20. The summed E-state index contributed by atoms with van der Waals surface area (Å²) in [4.78, 5) is 23.4. The summed E-state index contributed by atoms with van der Waals surface area (Å²) in [6.45, 7) is 4.56. The Morgan fingerprint density at radius 3 is 1.45 bits per heavy atom. The molecule has 2 unspecified atom stereocenters. The van der Waals surface area contributed by atoms with Crippen LogP contribution in [0.15, 0.2) is 0 Å². The highest BCUT2D eigenvalue weighted by Crippen LogP contribution is 2.33. The first-order chi connectivity index (χ1) is 10.4. The number of aromatic carboxylic acids is 2. The molecule has 2 N–H and O–H groups in total. The van der Waals surface area contributed by atoms with E-state index in [1.54, 1.807) is 13.8 Å². The number of epoxide rings is 2. The summed E-state index contributed by atoms with van der Waals surface area (Å²) >= 11 is 0. The van der Waals surface area contributed by atoms with E-state index in [1.165, 1.54) is 0 Å². The number of hydrogen-bond donors (Lipinski definition) is 2. The van der Waals surface area contributed by atoms with Gasteiger partial charge in [-0.2, -0.15) is 0 Å². The maximum Gasteiger partial charge on any atom is 0.336 e. The lowest BCUT2D eigenvalue weighted by molar-refractivity contribution is 0.0677. The average molecular weight is 306 g/mol. The topological polar surface area (TPSA) is 99.7 Å². The Kier molecular flexibility index (Phi) is 3.66. The largest absolute Gasteiger partial charge is 0.478 e. The lowest BCUT2D eigenvalue weighted by Gasteiger charge is -2.19. The Morgan fingerprint density at radius 2 is 1.23 bits per heavy atom. The fourth-order valence-electron chi connectivity index (χ4n) is 3.05. The first-order valence-corrected chi connectivity index (χ1v) is 7.24. The van der Waals surface area contributed by atoms with Gasteiger partial charge >= 0.3 is 11.9 Å². The van der Waals surface area contributed by atoms with E-state index >= 15 is 0 Å². The minimum atomic E-state index is -1.02. The van der Waals surface area contributed by atoms with E-state index < -0.39 is 11.9 Å². The molecule has 0 radical (unpaired) electrons. The quantitative estimate of drug-likeness (QED) is 0.774. The molecule has 2 aliphatic heterocycles. The van der Waals surface area contributed by atoms with E-state index in [9.17, 15) is 19.8 Å². The van der Waals surface area contributed by atoms with Crippen molar-refractivity contribution in [3.05, 3.63) is 33.4 Å². The summed E-state index contributed by atoms with van der Waals surface area (Å²) in [7, 11) is 0. The van der Waals surface area contributed by atoms with Crippen LogP contribution >= 0.6 is 0 Å². The van der Waals surface area contributed by atoms with E-state index in [0.29, 0.717) is 48.3 Å². The second kappa shape index (κ2) is 5.37. The molecule has 3 rings (SSSR count). The highest BCUT2D eigenvalue weighted by molar-refractivity contribution is 5.98. The van der Waals surface area contributed by atoms with Gasteiger partial charge in [0, 0.05) is 12.8 Å². The van der Waals surface area contributed by atoms with Gasteiger partial charge in [-0.3, -0.25) is 0 Å². The monoisotopic (exact) mass is 306 g/mol. The normalized spacial score (nSPS) is 22.5. The summed E-state index contributed by atoms with van der Waals surface area (Å²) in [6, 6.07) is 0. The molecule has 2 atom stereocenters. The van der Waals surface area contributed by atoms with Crippen molar-refractivity contribution in [3.63, 3.8) is 0 Å². The third-order valence-electron chi connectivity index (χ3n) is 4.35. The van der Waals surface area contributed by atoms with Gasteiger partial charge in [-0.1, -0.05) is 0 Å². The van der Waals surface area contributed by atoms with Crippen LogP contribution in [0, 0.1) is 13.8 Å². The van der Waals surface area contributed by atoms with Crippen LogP contribution in [0.2, 0.25) is 0 Å². The number of hydrogen-bond acceptors (Lipinski definition) is 4. The van der Waals surface area contributed by atoms with Crippen LogP contribution in [0.5, 0.6) is 0 Å². The molecule has 1 aromatic carbocycles. The third kappa shape index (κ3) is 2.71. The van der Waals surface area contributed by atoms with E-state index in [2.05, 4.69) is 0 Å².